The number of aromatic amines is 1. The number of rotatable bonds is 4. The van der Waals surface area contributed by atoms with Crippen LogP contribution in [0, 0.1) is 5.82 Å². The summed E-state index contributed by atoms with van der Waals surface area (Å²) in [7, 11) is 0. The maximum Gasteiger partial charge on any atom is 0.267 e. The van der Waals surface area contributed by atoms with Gasteiger partial charge in [-0.1, -0.05) is 0 Å². The predicted molar refractivity (Wildman–Crippen MR) is 63.7 cm³/mol. The molecule has 18 heavy (non-hydrogen) atoms. The van der Waals surface area contributed by atoms with Gasteiger partial charge in [0.15, 0.2) is 0 Å². The molecule has 5 nitrogen and oxygen atoms in total. The standard InChI is InChI=1S/C12H13FN2O3/c13-8-1-2-10-7(3-8)4-11(15-10)12(18)14-5-9(17)6-16/h1-4,9,15-17H,5-6H2,(H,14,18). The average molecular weight is 252 g/mol. The van der Waals surface area contributed by atoms with E-state index in [1.807, 2.05) is 0 Å². The topological polar surface area (TPSA) is 85.3 Å². The van der Waals surface area contributed by atoms with Gasteiger partial charge in [0.25, 0.3) is 5.91 Å². The first-order chi connectivity index (χ1) is 8.60. The number of fused-ring (bicyclic) bond motifs is 1. The van der Waals surface area contributed by atoms with E-state index in [2.05, 4.69) is 10.3 Å². The molecule has 1 unspecified atom stereocenters. The Bertz CT molecular complexity index is 567. The SMILES string of the molecule is O=C(NCC(O)CO)c1cc2cc(F)ccc2[nH]1. The molecule has 96 valence electrons. The molecule has 0 aliphatic heterocycles. The van der Waals surface area contributed by atoms with E-state index in [0.717, 1.165) is 0 Å². The molecule has 4 N–H and O–H groups in total. The highest BCUT2D eigenvalue weighted by Crippen LogP contribution is 2.16. The molecule has 2 aromatic rings. The first-order valence-corrected chi connectivity index (χ1v) is 5.45. The van der Waals surface area contributed by atoms with Crippen molar-refractivity contribution in [3.8, 4) is 0 Å². The summed E-state index contributed by atoms with van der Waals surface area (Å²) in [5, 5.41) is 20.8. The quantitative estimate of drug-likeness (QED) is 0.635. The van der Waals surface area contributed by atoms with Crippen LogP contribution in [0.25, 0.3) is 10.9 Å². The average Bonchev–Trinajstić information content (AvgIpc) is 2.78. The second-order valence-electron chi connectivity index (χ2n) is 3.96. The maximum atomic E-state index is 13.0. The summed E-state index contributed by atoms with van der Waals surface area (Å²) in [5.41, 5.74) is 0.935. The Hall–Kier alpha value is -1.92. The molecule has 6 heteroatoms. The van der Waals surface area contributed by atoms with E-state index in [0.29, 0.717) is 10.9 Å². The molecule has 0 fully saturated rings. The number of carbonyl (C=O) groups excluding carboxylic acids is 1. The molecule has 1 amide bonds. The number of hydrogen-bond donors (Lipinski definition) is 4. The Morgan fingerprint density at radius 2 is 2.22 bits per heavy atom. The summed E-state index contributed by atoms with van der Waals surface area (Å²) in [5.74, 6) is -0.789. The number of aliphatic hydroxyl groups excluding tert-OH is 2. The van der Waals surface area contributed by atoms with E-state index < -0.39 is 18.6 Å². The minimum Gasteiger partial charge on any atom is -0.394 e. The maximum absolute atomic E-state index is 13.0. The number of carbonyl (C=O) groups is 1. The molecule has 0 bridgehead atoms. The van der Waals surface area contributed by atoms with Crippen molar-refractivity contribution in [2.24, 2.45) is 0 Å². The van der Waals surface area contributed by atoms with Gasteiger partial charge in [0.2, 0.25) is 0 Å². The van der Waals surface area contributed by atoms with Crippen LogP contribution in [0.2, 0.25) is 0 Å². The summed E-state index contributed by atoms with van der Waals surface area (Å²) in [6.45, 7) is -0.461. The van der Waals surface area contributed by atoms with E-state index in [1.54, 1.807) is 6.07 Å². The Balaban J connectivity index is 2.13. The third-order valence-corrected chi connectivity index (χ3v) is 2.54. The molecule has 1 heterocycles. The Labute approximate surface area is 102 Å². The number of halogens is 1. The first kappa shape index (κ1) is 12.5. The molecular weight excluding hydrogens is 239 g/mol. The Morgan fingerprint density at radius 1 is 1.44 bits per heavy atom. The van der Waals surface area contributed by atoms with Crippen molar-refractivity contribution >= 4 is 16.8 Å². The van der Waals surface area contributed by atoms with Gasteiger partial charge in [-0.3, -0.25) is 4.79 Å². The zero-order chi connectivity index (χ0) is 13.1. The van der Waals surface area contributed by atoms with E-state index in [4.69, 9.17) is 10.2 Å². The van der Waals surface area contributed by atoms with Crippen LogP contribution in [0.1, 0.15) is 10.5 Å². The van der Waals surface area contributed by atoms with E-state index >= 15 is 0 Å². The van der Waals surface area contributed by atoms with Crippen molar-refractivity contribution in [2.75, 3.05) is 13.2 Å². The van der Waals surface area contributed by atoms with Gasteiger partial charge in [-0.05, 0) is 24.3 Å². The Kier molecular flexibility index (Phi) is 3.59. The normalized spacial score (nSPS) is 12.6. The van der Waals surface area contributed by atoms with Gasteiger partial charge < -0.3 is 20.5 Å². The second-order valence-corrected chi connectivity index (χ2v) is 3.96. The second kappa shape index (κ2) is 5.16. The summed E-state index contributed by atoms with van der Waals surface area (Å²) in [4.78, 5) is 14.5. The molecule has 0 aliphatic rings. The largest absolute Gasteiger partial charge is 0.394 e. The van der Waals surface area contributed by atoms with Crippen molar-refractivity contribution in [3.63, 3.8) is 0 Å². The highest BCUT2D eigenvalue weighted by Gasteiger charge is 2.11. The smallest absolute Gasteiger partial charge is 0.267 e. The summed E-state index contributed by atoms with van der Waals surface area (Å²) in [6.07, 6.45) is -0.990. The number of benzene rings is 1. The van der Waals surface area contributed by atoms with E-state index in [9.17, 15) is 9.18 Å². The number of aromatic nitrogens is 1. The zero-order valence-corrected chi connectivity index (χ0v) is 9.48. The molecule has 1 aromatic heterocycles. The summed E-state index contributed by atoms with van der Waals surface area (Å²) < 4.78 is 13.0. The van der Waals surface area contributed by atoms with Gasteiger partial charge in [0.1, 0.15) is 11.5 Å². The number of aliphatic hydroxyl groups is 2. The molecule has 2 rings (SSSR count). The van der Waals surface area contributed by atoms with Gasteiger partial charge in [0, 0.05) is 17.4 Å². The fraction of sp³-hybridized carbons (Fsp3) is 0.250. The van der Waals surface area contributed by atoms with Crippen molar-refractivity contribution in [3.05, 3.63) is 35.8 Å². The van der Waals surface area contributed by atoms with Crippen molar-refractivity contribution in [1.29, 1.82) is 0 Å². The fourth-order valence-electron chi connectivity index (χ4n) is 1.60. The number of nitrogens with one attached hydrogen (secondary N) is 2. The lowest BCUT2D eigenvalue weighted by Crippen LogP contribution is -2.34. The minimum absolute atomic E-state index is 0.0426. The van der Waals surface area contributed by atoms with Crippen molar-refractivity contribution in [1.82, 2.24) is 10.3 Å². The molecule has 0 radical (unpaired) electrons. The summed E-state index contributed by atoms with van der Waals surface area (Å²) in [6, 6.07) is 5.70. The molecule has 0 aliphatic carbocycles. The van der Waals surface area contributed by atoms with Crippen LogP contribution in [0.4, 0.5) is 4.39 Å². The van der Waals surface area contributed by atoms with Crippen LogP contribution >= 0.6 is 0 Å². The summed E-state index contributed by atoms with van der Waals surface area (Å²) >= 11 is 0. The highest BCUT2D eigenvalue weighted by atomic mass is 19.1. The lowest BCUT2D eigenvalue weighted by molar-refractivity contribution is 0.0799. The van der Waals surface area contributed by atoms with Crippen molar-refractivity contribution < 1.29 is 19.4 Å². The van der Waals surface area contributed by atoms with Crippen LogP contribution in [-0.2, 0) is 0 Å². The van der Waals surface area contributed by atoms with Crippen LogP contribution < -0.4 is 5.32 Å². The first-order valence-electron chi connectivity index (χ1n) is 5.45. The zero-order valence-electron chi connectivity index (χ0n) is 9.48. The van der Waals surface area contributed by atoms with Gasteiger partial charge in [-0.25, -0.2) is 4.39 Å². The fourth-order valence-corrected chi connectivity index (χ4v) is 1.60. The Morgan fingerprint density at radius 3 is 2.94 bits per heavy atom. The van der Waals surface area contributed by atoms with Gasteiger partial charge in [0.05, 0.1) is 12.7 Å². The third-order valence-electron chi connectivity index (χ3n) is 2.54. The molecule has 0 saturated carbocycles. The number of amides is 1. The molecule has 1 atom stereocenters. The monoisotopic (exact) mass is 252 g/mol. The van der Waals surface area contributed by atoms with Crippen LogP contribution in [0.15, 0.2) is 24.3 Å². The lowest BCUT2D eigenvalue weighted by atomic mass is 10.2. The predicted octanol–water partition coefficient (Wildman–Crippen LogP) is 0.390. The minimum atomic E-state index is -0.990. The molecule has 0 saturated heterocycles. The molecule has 1 aromatic carbocycles. The van der Waals surface area contributed by atoms with E-state index in [-0.39, 0.29) is 18.1 Å². The van der Waals surface area contributed by atoms with Gasteiger partial charge in [-0.2, -0.15) is 0 Å². The third kappa shape index (κ3) is 2.66. The number of H-pyrrole nitrogens is 1. The lowest BCUT2D eigenvalue weighted by Gasteiger charge is -2.07. The van der Waals surface area contributed by atoms with Crippen LogP contribution in [0.5, 0.6) is 0 Å². The highest BCUT2D eigenvalue weighted by molar-refractivity contribution is 5.97. The molecule has 0 spiro atoms. The number of hydrogen-bond acceptors (Lipinski definition) is 3. The van der Waals surface area contributed by atoms with Crippen molar-refractivity contribution in [2.45, 2.75) is 6.10 Å². The van der Waals surface area contributed by atoms with Gasteiger partial charge in [-0.15, -0.1) is 0 Å². The van der Waals surface area contributed by atoms with Crippen LogP contribution in [-0.4, -0.2) is 40.4 Å². The van der Waals surface area contributed by atoms with Gasteiger partial charge >= 0.3 is 0 Å². The molecular formula is C12H13FN2O3. The van der Waals surface area contributed by atoms with E-state index in [1.165, 1.54) is 18.2 Å². The van der Waals surface area contributed by atoms with Crippen LogP contribution in [0.3, 0.4) is 0 Å².